The molecule has 4 rings (SSSR count). The molecule has 0 aliphatic carbocycles. The largest absolute Gasteiger partial charge is 0.478 e. The number of anilines is 1. The zero-order valence-corrected chi connectivity index (χ0v) is 19.8. The molecule has 2 aromatic rings. The van der Waals surface area contributed by atoms with E-state index in [0.29, 0.717) is 32.1 Å². The lowest BCUT2D eigenvalue weighted by Crippen LogP contribution is -2.53. The number of halogens is 1. The van der Waals surface area contributed by atoms with E-state index in [0.717, 1.165) is 50.3 Å². The molecule has 35 heavy (non-hydrogen) atoms. The number of amides is 1. The van der Waals surface area contributed by atoms with Gasteiger partial charge in [0.15, 0.2) is 5.96 Å². The maximum absolute atomic E-state index is 13.3. The number of carbonyl (C=O) groups is 2. The van der Waals surface area contributed by atoms with Gasteiger partial charge in [0.05, 0.1) is 18.7 Å². The van der Waals surface area contributed by atoms with Crippen molar-refractivity contribution in [1.82, 2.24) is 14.7 Å². The number of nitrogens with one attached hydrogen (secondary N) is 1. The highest BCUT2D eigenvalue weighted by molar-refractivity contribution is 5.94. The number of aromatic carboxylic acids is 1. The number of likely N-dealkylation sites (tertiary alicyclic amines) is 1. The summed E-state index contributed by atoms with van der Waals surface area (Å²) in [6.45, 7) is 5.45. The number of carbonyl (C=O) groups excluding carboxylic acids is 1. The highest BCUT2D eigenvalue weighted by Crippen LogP contribution is 2.14. The number of piperidine rings is 1. The molecule has 2 saturated heterocycles. The van der Waals surface area contributed by atoms with Gasteiger partial charge in [0, 0.05) is 45.0 Å². The normalized spacial score (nSPS) is 17.3. The Labute approximate surface area is 205 Å². The maximum Gasteiger partial charge on any atom is 0.335 e. The van der Waals surface area contributed by atoms with Crippen molar-refractivity contribution in [3.8, 4) is 0 Å². The molecule has 8 nitrogen and oxygen atoms in total. The monoisotopic (exact) mass is 481 g/mol. The number of guanidine groups is 1. The van der Waals surface area contributed by atoms with Crippen LogP contribution in [0.3, 0.4) is 0 Å². The maximum atomic E-state index is 13.3. The number of hydrogen-bond acceptors (Lipinski definition) is 4. The lowest BCUT2D eigenvalue weighted by Gasteiger charge is -2.37. The van der Waals surface area contributed by atoms with Crippen molar-refractivity contribution < 1.29 is 19.1 Å². The van der Waals surface area contributed by atoms with Crippen LogP contribution in [0, 0.1) is 5.82 Å². The highest BCUT2D eigenvalue weighted by Gasteiger charge is 2.24. The van der Waals surface area contributed by atoms with E-state index in [9.17, 15) is 14.0 Å². The lowest BCUT2D eigenvalue weighted by molar-refractivity contribution is -0.133. The summed E-state index contributed by atoms with van der Waals surface area (Å²) in [6, 6.07) is 12.8. The second kappa shape index (κ2) is 11.8. The minimum Gasteiger partial charge on any atom is -0.478 e. The number of hydrogen-bond donors (Lipinski definition) is 2. The van der Waals surface area contributed by atoms with Crippen molar-refractivity contribution in [2.45, 2.75) is 25.8 Å². The van der Waals surface area contributed by atoms with Gasteiger partial charge in [-0.2, -0.15) is 0 Å². The molecule has 2 N–H and O–H groups in total. The van der Waals surface area contributed by atoms with E-state index in [2.05, 4.69) is 15.1 Å². The molecule has 2 aliphatic rings. The van der Waals surface area contributed by atoms with Gasteiger partial charge in [0.2, 0.25) is 5.91 Å². The minimum absolute atomic E-state index is 0.208. The number of benzene rings is 2. The average Bonchev–Trinajstić information content (AvgIpc) is 2.89. The second-order valence-corrected chi connectivity index (χ2v) is 8.98. The second-order valence-electron chi connectivity index (χ2n) is 8.98. The summed E-state index contributed by atoms with van der Waals surface area (Å²) < 4.78 is 13.3. The molecule has 2 fully saturated rings. The van der Waals surface area contributed by atoms with Crippen LogP contribution in [0.5, 0.6) is 0 Å². The fourth-order valence-corrected chi connectivity index (χ4v) is 4.35. The molecule has 1 amide bonds. The van der Waals surface area contributed by atoms with Crippen molar-refractivity contribution in [2.75, 3.05) is 51.1 Å². The van der Waals surface area contributed by atoms with Crippen molar-refractivity contribution in [3.05, 3.63) is 65.5 Å². The van der Waals surface area contributed by atoms with Gasteiger partial charge < -0.3 is 20.2 Å². The highest BCUT2D eigenvalue weighted by atomic mass is 19.1. The third-order valence-electron chi connectivity index (χ3n) is 6.45. The van der Waals surface area contributed by atoms with E-state index in [4.69, 9.17) is 10.1 Å². The SMILES string of the molecule is O=C(O)c1ccc(NC(=NCc2ccc(F)cc2)N2CCN(CC(=O)N3CCCCC3)CC2)cc1. The number of rotatable bonds is 6. The third-order valence-corrected chi connectivity index (χ3v) is 6.45. The summed E-state index contributed by atoms with van der Waals surface area (Å²) >= 11 is 0. The summed E-state index contributed by atoms with van der Waals surface area (Å²) in [5.41, 5.74) is 1.83. The molecule has 0 spiro atoms. The van der Waals surface area contributed by atoms with Crippen LogP contribution in [0.25, 0.3) is 0 Å². The van der Waals surface area contributed by atoms with Crippen molar-refractivity contribution in [3.63, 3.8) is 0 Å². The first kappa shape index (κ1) is 24.7. The van der Waals surface area contributed by atoms with Crippen LogP contribution in [-0.4, -0.2) is 83.5 Å². The molecule has 0 radical (unpaired) electrons. The Kier molecular flexibility index (Phi) is 8.31. The zero-order valence-electron chi connectivity index (χ0n) is 19.8. The van der Waals surface area contributed by atoms with E-state index in [1.165, 1.54) is 18.6 Å². The summed E-state index contributed by atoms with van der Waals surface area (Å²) in [7, 11) is 0. The molecule has 2 aliphatic heterocycles. The summed E-state index contributed by atoms with van der Waals surface area (Å²) in [4.78, 5) is 34.9. The topological polar surface area (TPSA) is 88.5 Å². The first-order valence-electron chi connectivity index (χ1n) is 12.1. The lowest BCUT2D eigenvalue weighted by atomic mass is 10.1. The molecule has 0 saturated carbocycles. The molecule has 2 aromatic carbocycles. The number of carboxylic acid groups (broad SMARTS) is 1. The fourth-order valence-electron chi connectivity index (χ4n) is 4.35. The Bertz CT molecular complexity index is 1030. The molecule has 2 heterocycles. The summed E-state index contributed by atoms with van der Waals surface area (Å²) in [5, 5.41) is 12.5. The standard InChI is InChI=1S/C26H32FN5O3/c27-22-8-4-20(5-9-22)18-28-26(29-23-10-6-21(7-11-23)25(34)35)32-16-14-30(15-17-32)19-24(33)31-12-2-1-3-13-31/h4-11H,1-3,12-19H2,(H,28,29)(H,34,35). The van der Waals surface area contributed by atoms with Crippen molar-refractivity contribution in [1.29, 1.82) is 0 Å². The number of piperazine rings is 1. The van der Waals surface area contributed by atoms with Crippen LogP contribution in [0.4, 0.5) is 10.1 Å². The van der Waals surface area contributed by atoms with Crippen molar-refractivity contribution >= 4 is 23.5 Å². The summed E-state index contributed by atoms with van der Waals surface area (Å²) in [6.07, 6.45) is 3.38. The van der Waals surface area contributed by atoms with Crippen LogP contribution in [0.2, 0.25) is 0 Å². The minimum atomic E-state index is -0.975. The Morgan fingerprint density at radius 3 is 2.14 bits per heavy atom. The van der Waals surface area contributed by atoms with E-state index in [1.54, 1.807) is 36.4 Å². The summed E-state index contributed by atoms with van der Waals surface area (Å²) in [5.74, 6) is -0.388. The quantitative estimate of drug-likeness (QED) is 0.487. The molecule has 0 atom stereocenters. The first-order valence-corrected chi connectivity index (χ1v) is 12.1. The van der Waals surface area contributed by atoms with Gasteiger partial charge in [0.1, 0.15) is 5.82 Å². The molecule has 186 valence electrons. The fraction of sp³-hybridized carbons (Fsp3) is 0.423. The molecule has 0 aromatic heterocycles. The molecular formula is C26H32FN5O3. The Morgan fingerprint density at radius 2 is 1.51 bits per heavy atom. The Hall–Kier alpha value is -3.46. The van der Waals surface area contributed by atoms with Crippen LogP contribution in [-0.2, 0) is 11.3 Å². The first-order chi connectivity index (χ1) is 17.0. The number of aliphatic imine (C=N–C) groups is 1. The smallest absolute Gasteiger partial charge is 0.335 e. The van der Waals surface area contributed by atoms with Crippen LogP contribution >= 0.6 is 0 Å². The predicted molar refractivity (Wildman–Crippen MR) is 133 cm³/mol. The van der Waals surface area contributed by atoms with Gasteiger partial charge in [-0.1, -0.05) is 12.1 Å². The molecule has 9 heteroatoms. The van der Waals surface area contributed by atoms with Crippen LogP contribution in [0.1, 0.15) is 35.2 Å². The Morgan fingerprint density at radius 1 is 0.857 bits per heavy atom. The number of carboxylic acids is 1. The van der Waals surface area contributed by atoms with E-state index < -0.39 is 5.97 Å². The van der Waals surface area contributed by atoms with Gasteiger partial charge in [-0.15, -0.1) is 0 Å². The molecule has 0 bridgehead atoms. The van der Waals surface area contributed by atoms with Gasteiger partial charge in [-0.25, -0.2) is 14.2 Å². The Balaban J connectivity index is 1.40. The zero-order chi connectivity index (χ0) is 24.6. The van der Waals surface area contributed by atoms with Gasteiger partial charge in [-0.05, 0) is 61.2 Å². The van der Waals surface area contributed by atoms with Gasteiger partial charge in [0.25, 0.3) is 0 Å². The van der Waals surface area contributed by atoms with E-state index in [-0.39, 0.29) is 17.3 Å². The van der Waals surface area contributed by atoms with E-state index in [1.807, 2.05) is 4.90 Å². The van der Waals surface area contributed by atoms with E-state index >= 15 is 0 Å². The number of nitrogens with zero attached hydrogens (tertiary/aromatic N) is 4. The average molecular weight is 482 g/mol. The van der Waals surface area contributed by atoms with Crippen LogP contribution in [0.15, 0.2) is 53.5 Å². The van der Waals surface area contributed by atoms with Gasteiger partial charge >= 0.3 is 5.97 Å². The molecule has 0 unspecified atom stereocenters. The van der Waals surface area contributed by atoms with Gasteiger partial charge in [-0.3, -0.25) is 9.69 Å². The van der Waals surface area contributed by atoms with Crippen LogP contribution < -0.4 is 5.32 Å². The predicted octanol–water partition coefficient (Wildman–Crippen LogP) is 3.12. The molecular weight excluding hydrogens is 449 g/mol. The third kappa shape index (κ3) is 7.02. The van der Waals surface area contributed by atoms with Crippen molar-refractivity contribution in [2.24, 2.45) is 4.99 Å².